The van der Waals surface area contributed by atoms with Gasteiger partial charge in [0.25, 0.3) is 0 Å². The molecule has 1 aliphatic heterocycles. The molecule has 0 aliphatic carbocycles. The van der Waals surface area contributed by atoms with Crippen molar-refractivity contribution < 1.29 is 4.79 Å². The van der Waals surface area contributed by atoms with E-state index in [1.165, 1.54) is 0 Å². The molecule has 92 valence electrons. The van der Waals surface area contributed by atoms with Gasteiger partial charge in [0.1, 0.15) is 12.3 Å². The average molecular weight is 266 g/mol. The van der Waals surface area contributed by atoms with Crippen LogP contribution < -0.4 is 0 Å². The van der Waals surface area contributed by atoms with Crippen LogP contribution in [-0.2, 0) is 4.79 Å². The summed E-state index contributed by atoms with van der Waals surface area (Å²) in [6, 6.07) is 10.0. The largest absolute Gasteiger partial charge is 0.298 e. The highest BCUT2D eigenvalue weighted by Gasteiger charge is 2.26. The number of hydrogen-bond acceptors (Lipinski definition) is 3. The number of benzene rings is 1. The Bertz CT molecular complexity index is 799. The molecular formula is C15H10N2OS. The van der Waals surface area contributed by atoms with Gasteiger partial charge in [-0.05, 0) is 17.5 Å². The number of para-hydroxylation sites is 1. The molecule has 19 heavy (non-hydrogen) atoms. The molecule has 4 rings (SSSR count). The van der Waals surface area contributed by atoms with Crippen LogP contribution in [0.15, 0.2) is 47.5 Å². The van der Waals surface area contributed by atoms with Crippen LogP contribution in [0.25, 0.3) is 17.0 Å². The van der Waals surface area contributed by atoms with Crippen molar-refractivity contribution in [2.45, 2.75) is 6.04 Å². The minimum atomic E-state index is -0.0927. The van der Waals surface area contributed by atoms with Crippen LogP contribution in [0.5, 0.6) is 0 Å². The zero-order chi connectivity index (χ0) is 12.8. The third kappa shape index (κ3) is 1.43. The molecule has 3 heterocycles. The number of carbonyl (C=O) groups excluding carboxylic acids is 1. The minimum absolute atomic E-state index is 0.0927. The van der Waals surface area contributed by atoms with Crippen molar-refractivity contribution in [2.75, 3.05) is 0 Å². The molecule has 3 nitrogen and oxygen atoms in total. The van der Waals surface area contributed by atoms with Crippen molar-refractivity contribution in [3.63, 3.8) is 0 Å². The lowest BCUT2D eigenvalue weighted by Crippen LogP contribution is -2.17. The number of rotatable bonds is 2. The molecule has 0 saturated carbocycles. The first kappa shape index (κ1) is 10.7. The number of aromatic nitrogens is 2. The molecule has 0 unspecified atom stereocenters. The van der Waals surface area contributed by atoms with Gasteiger partial charge in [-0.3, -0.25) is 9.48 Å². The lowest BCUT2D eigenvalue weighted by molar-refractivity contribution is -0.105. The molecule has 1 atom stereocenters. The van der Waals surface area contributed by atoms with Crippen molar-refractivity contribution in [1.82, 2.24) is 9.78 Å². The van der Waals surface area contributed by atoms with E-state index < -0.39 is 0 Å². The van der Waals surface area contributed by atoms with Gasteiger partial charge in [-0.25, -0.2) is 0 Å². The number of nitrogens with zero attached hydrogens (tertiary/aromatic N) is 2. The number of allylic oxidation sites excluding steroid dienone is 1. The van der Waals surface area contributed by atoms with E-state index in [9.17, 15) is 4.79 Å². The topological polar surface area (TPSA) is 34.9 Å². The molecule has 0 N–H and O–H groups in total. The maximum atomic E-state index is 11.4. The molecular weight excluding hydrogens is 256 g/mol. The van der Waals surface area contributed by atoms with Crippen molar-refractivity contribution in [2.24, 2.45) is 0 Å². The van der Waals surface area contributed by atoms with Crippen molar-refractivity contribution >= 4 is 34.6 Å². The fourth-order valence-corrected chi connectivity index (χ4v) is 3.51. The smallest absolute Gasteiger partial charge is 0.148 e. The summed E-state index contributed by atoms with van der Waals surface area (Å²) >= 11 is 1.65. The molecule has 1 aliphatic rings. The monoisotopic (exact) mass is 266 g/mol. The first-order valence-electron chi connectivity index (χ1n) is 6.05. The third-order valence-corrected chi connectivity index (χ3v) is 4.40. The van der Waals surface area contributed by atoms with E-state index in [0.29, 0.717) is 0 Å². The molecule has 0 fully saturated rings. The van der Waals surface area contributed by atoms with Gasteiger partial charge in [-0.15, -0.1) is 11.3 Å². The number of hydrogen-bond donors (Lipinski definition) is 0. The summed E-state index contributed by atoms with van der Waals surface area (Å²) in [5.74, 6) is 0. The Hall–Kier alpha value is -2.20. The Morgan fingerprint density at radius 3 is 3.00 bits per heavy atom. The maximum absolute atomic E-state index is 11.4. The van der Waals surface area contributed by atoms with Crippen LogP contribution in [0, 0.1) is 0 Å². The Balaban J connectivity index is 2.06. The lowest BCUT2D eigenvalue weighted by atomic mass is 9.98. The fourth-order valence-electron chi connectivity index (χ4n) is 2.67. The first-order valence-corrected chi connectivity index (χ1v) is 6.93. The van der Waals surface area contributed by atoms with Crippen LogP contribution >= 0.6 is 11.3 Å². The Morgan fingerprint density at radius 2 is 2.21 bits per heavy atom. The standard InChI is InChI=1S/C15H10N2OS/c18-9-12-7-10-3-1-4-11-8-16-17(14(10)11)15(12)13-5-2-6-19-13/h1-9,15H/t15-/m0/s1. The predicted octanol–water partition coefficient (Wildman–Crippen LogP) is 3.28. The third-order valence-electron chi connectivity index (χ3n) is 3.48. The summed E-state index contributed by atoms with van der Waals surface area (Å²) in [6.07, 6.45) is 4.77. The molecule has 2 aromatic heterocycles. The lowest BCUT2D eigenvalue weighted by Gasteiger charge is -2.22. The van der Waals surface area contributed by atoms with Crippen molar-refractivity contribution in [1.29, 1.82) is 0 Å². The fraction of sp³-hybridized carbons (Fsp3) is 0.0667. The van der Waals surface area contributed by atoms with E-state index in [0.717, 1.165) is 33.2 Å². The van der Waals surface area contributed by atoms with E-state index in [1.54, 1.807) is 11.3 Å². The van der Waals surface area contributed by atoms with Gasteiger partial charge >= 0.3 is 0 Å². The van der Waals surface area contributed by atoms with E-state index in [2.05, 4.69) is 5.10 Å². The van der Waals surface area contributed by atoms with Crippen LogP contribution in [0.3, 0.4) is 0 Å². The summed E-state index contributed by atoms with van der Waals surface area (Å²) in [7, 11) is 0. The molecule has 3 aromatic rings. The van der Waals surface area contributed by atoms with E-state index in [1.807, 2.05) is 52.7 Å². The normalized spacial score (nSPS) is 17.5. The molecule has 0 bridgehead atoms. The summed E-state index contributed by atoms with van der Waals surface area (Å²) < 4.78 is 1.96. The van der Waals surface area contributed by atoms with Crippen LogP contribution in [0.2, 0.25) is 0 Å². The van der Waals surface area contributed by atoms with E-state index in [-0.39, 0.29) is 6.04 Å². The van der Waals surface area contributed by atoms with Gasteiger partial charge in [0.05, 0.1) is 11.7 Å². The van der Waals surface area contributed by atoms with Crippen molar-refractivity contribution in [3.8, 4) is 0 Å². The minimum Gasteiger partial charge on any atom is -0.298 e. The summed E-state index contributed by atoms with van der Waals surface area (Å²) in [5.41, 5.74) is 2.92. The highest BCUT2D eigenvalue weighted by atomic mass is 32.1. The van der Waals surface area contributed by atoms with Crippen molar-refractivity contribution in [3.05, 3.63) is 57.9 Å². The second-order valence-corrected chi connectivity index (χ2v) is 5.53. The van der Waals surface area contributed by atoms with Gasteiger partial charge in [-0.1, -0.05) is 24.3 Å². The van der Waals surface area contributed by atoms with Gasteiger partial charge in [-0.2, -0.15) is 5.10 Å². The van der Waals surface area contributed by atoms with Gasteiger partial charge in [0.2, 0.25) is 0 Å². The predicted molar refractivity (Wildman–Crippen MR) is 76.2 cm³/mol. The van der Waals surface area contributed by atoms with Crippen LogP contribution in [0.1, 0.15) is 16.5 Å². The SMILES string of the molecule is O=CC1=Cc2cccc3cnn(c23)[C@@H]1c1cccs1. The molecule has 0 spiro atoms. The van der Waals surface area contributed by atoms with Crippen LogP contribution in [-0.4, -0.2) is 16.1 Å². The quantitative estimate of drug-likeness (QED) is 0.667. The summed E-state index contributed by atoms with van der Waals surface area (Å²) in [6.45, 7) is 0. The van der Waals surface area contributed by atoms with Gasteiger partial charge in [0.15, 0.2) is 0 Å². The first-order chi connectivity index (χ1) is 9.38. The van der Waals surface area contributed by atoms with E-state index >= 15 is 0 Å². The average Bonchev–Trinajstić information content (AvgIpc) is 3.09. The summed E-state index contributed by atoms with van der Waals surface area (Å²) in [5, 5.41) is 7.62. The molecule has 0 amide bonds. The highest BCUT2D eigenvalue weighted by Crippen LogP contribution is 2.37. The number of aldehydes is 1. The molecule has 4 heteroatoms. The van der Waals surface area contributed by atoms with Gasteiger partial charge < -0.3 is 0 Å². The summed E-state index contributed by atoms with van der Waals surface area (Å²) in [4.78, 5) is 12.5. The van der Waals surface area contributed by atoms with Gasteiger partial charge in [0, 0.05) is 21.4 Å². The highest BCUT2D eigenvalue weighted by molar-refractivity contribution is 7.10. The maximum Gasteiger partial charge on any atom is 0.148 e. The van der Waals surface area contributed by atoms with Crippen LogP contribution in [0.4, 0.5) is 0 Å². The second kappa shape index (κ2) is 3.90. The zero-order valence-electron chi connectivity index (χ0n) is 9.98. The number of carbonyl (C=O) groups is 1. The Morgan fingerprint density at radius 1 is 1.26 bits per heavy atom. The molecule has 0 radical (unpaired) electrons. The second-order valence-electron chi connectivity index (χ2n) is 4.55. The van der Waals surface area contributed by atoms with E-state index in [4.69, 9.17) is 0 Å². The molecule has 0 saturated heterocycles. The zero-order valence-corrected chi connectivity index (χ0v) is 10.8. The molecule has 1 aromatic carbocycles. The Labute approximate surface area is 113 Å². The number of thiophene rings is 1. The Kier molecular flexibility index (Phi) is 2.19.